The third kappa shape index (κ3) is 4.21. The number of aryl methyl sites for hydroxylation is 3. The van der Waals surface area contributed by atoms with Gasteiger partial charge < -0.3 is 14.8 Å². The van der Waals surface area contributed by atoms with Crippen LogP contribution in [0, 0.1) is 13.8 Å². The third-order valence-corrected chi connectivity index (χ3v) is 4.60. The van der Waals surface area contributed by atoms with Gasteiger partial charge in [0.2, 0.25) is 17.6 Å². The number of aromatic nitrogens is 3. The molecule has 3 rings (SSSR count). The van der Waals surface area contributed by atoms with Crippen LogP contribution in [0.25, 0.3) is 10.7 Å². The molecule has 130 valence electrons. The molecular formula is C17H18N4O3S. The summed E-state index contributed by atoms with van der Waals surface area (Å²) < 4.78 is 5.16. The third-order valence-electron chi connectivity index (χ3n) is 3.73. The number of hydrogen-bond acceptors (Lipinski definition) is 6. The average molecular weight is 358 g/mol. The fraction of sp³-hybridized carbons (Fsp3) is 0.294. The van der Waals surface area contributed by atoms with Crippen molar-refractivity contribution >= 4 is 17.2 Å². The van der Waals surface area contributed by atoms with Crippen molar-refractivity contribution in [1.82, 2.24) is 20.4 Å². The first-order valence-electron chi connectivity index (χ1n) is 7.85. The van der Waals surface area contributed by atoms with E-state index < -0.39 is 0 Å². The number of aromatic amines is 1. The van der Waals surface area contributed by atoms with E-state index in [4.69, 9.17) is 4.52 Å². The van der Waals surface area contributed by atoms with Crippen molar-refractivity contribution in [3.8, 4) is 10.7 Å². The number of pyridine rings is 1. The molecule has 7 nitrogen and oxygen atoms in total. The molecule has 25 heavy (non-hydrogen) atoms. The van der Waals surface area contributed by atoms with Crippen molar-refractivity contribution in [3.63, 3.8) is 0 Å². The van der Waals surface area contributed by atoms with Crippen LogP contribution in [0.2, 0.25) is 0 Å². The van der Waals surface area contributed by atoms with Crippen molar-refractivity contribution in [2.75, 3.05) is 0 Å². The first-order valence-corrected chi connectivity index (χ1v) is 8.73. The van der Waals surface area contributed by atoms with Crippen molar-refractivity contribution in [1.29, 1.82) is 0 Å². The summed E-state index contributed by atoms with van der Waals surface area (Å²) in [6.07, 6.45) is 0.572. The minimum absolute atomic E-state index is 0.171. The monoisotopic (exact) mass is 358 g/mol. The second-order valence-electron chi connectivity index (χ2n) is 5.71. The van der Waals surface area contributed by atoms with E-state index in [0.717, 1.165) is 16.1 Å². The van der Waals surface area contributed by atoms with Gasteiger partial charge in [-0.1, -0.05) is 11.2 Å². The zero-order chi connectivity index (χ0) is 17.8. The van der Waals surface area contributed by atoms with Crippen molar-refractivity contribution < 1.29 is 9.32 Å². The lowest BCUT2D eigenvalue weighted by molar-refractivity contribution is -0.121. The van der Waals surface area contributed by atoms with E-state index in [1.807, 2.05) is 37.4 Å². The Balaban J connectivity index is 1.53. The van der Waals surface area contributed by atoms with Crippen LogP contribution in [0.5, 0.6) is 0 Å². The molecule has 0 saturated carbocycles. The van der Waals surface area contributed by atoms with E-state index in [2.05, 4.69) is 20.4 Å². The molecule has 0 saturated heterocycles. The molecule has 3 aromatic heterocycles. The summed E-state index contributed by atoms with van der Waals surface area (Å²) in [6.45, 7) is 3.88. The van der Waals surface area contributed by atoms with Gasteiger partial charge in [0.05, 0.1) is 4.88 Å². The van der Waals surface area contributed by atoms with Crippen LogP contribution in [0.3, 0.4) is 0 Å². The molecule has 8 heteroatoms. The molecule has 0 aromatic carbocycles. The summed E-state index contributed by atoms with van der Waals surface area (Å²) in [5.74, 6) is 0.783. The number of nitrogens with one attached hydrogen (secondary N) is 2. The normalized spacial score (nSPS) is 10.8. The zero-order valence-corrected chi connectivity index (χ0v) is 14.8. The molecular weight excluding hydrogens is 340 g/mol. The summed E-state index contributed by atoms with van der Waals surface area (Å²) in [7, 11) is 0. The van der Waals surface area contributed by atoms with Gasteiger partial charge in [0.25, 0.3) is 5.56 Å². The van der Waals surface area contributed by atoms with Crippen LogP contribution in [0.15, 0.2) is 32.9 Å². The fourth-order valence-corrected chi connectivity index (χ4v) is 3.11. The zero-order valence-electron chi connectivity index (χ0n) is 14.0. The molecule has 0 fully saturated rings. The van der Waals surface area contributed by atoms with E-state index in [1.165, 1.54) is 11.3 Å². The number of carbonyl (C=O) groups is 1. The lowest BCUT2D eigenvalue weighted by atomic mass is 10.1. The van der Waals surface area contributed by atoms with Gasteiger partial charge in [0.1, 0.15) is 0 Å². The average Bonchev–Trinajstić information content (AvgIpc) is 3.23. The lowest BCUT2D eigenvalue weighted by Crippen LogP contribution is -2.28. The summed E-state index contributed by atoms with van der Waals surface area (Å²) in [5, 5.41) is 8.60. The quantitative estimate of drug-likeness (QED) is 0.704. The van der Waals surface area contributed by atoms with Gasteiger partial charge in [-0.3, -0.25) is 9.59 Å². The van der Waals surface area contributed by atoms with E-state index in [1.54, 1.807) is 0 Å². The van der Waals surface area contributed by atoms with Gasteiger partial charge in [-0.15, -0.1) is 11.3 Å². The van der Waals surface area contributed by atoms with Crippen molar-refractivity contribution in [2.24, 2.45) is 0 Å². The van der Waals surface area contributed by atoms with Gasteiger partial charge in [0, 0.05) is 30.6 Å². The standard InChI is InChI=1S/C17H18N4O3S/c1-10-8-11(2)19-17(23)12(10)9-18-14(22)5-6-15-20-16(21-24-15)13-4-3-7-25-13/h3-4,7-8H,5-6,9H2,1-2H3,(H,18,22)(H,19,23). The number of H-pyrrole nitrogens is 1. The Morgan fingerprint density at radius 3 is 2.96 bits per heavy atom. The Morgan fingerprint density at radius 1 is 1.40 bits per heavy atom. The van der Waals surface area contributed by atoms with Crippen LogP contribution >= 0.6 is 11.3 Å². The Labute approximate surface area is 148 Å². The maximum atomic E-state index is 12.0. The Bertz CT molecular complexity index is 928. The van der Waals surface area contributed by atoms with Gasteiger partial charge in [-0.25, -0.2) is 0 Å². The summed E-state index contributed by atoms with van der Waals surface area (Å²) in [4.78, 5) is 31.9. The molecule has 0 radical (unpaired) electrons. The maximum absolute atomic E-state index is 12.0. The molecule has 0 unspecified atom stereocenters. The molecule has 2 N–H and O–H groups in total. The van der Waals surface area contributed by atoms with Gasteiger partial charge >= 0.3 is 0 Å². The van der Waals surface area contributed by atoms with Gasteiger partial charge in [-0.05, 0) is 36.9 Å². The summed E-state index contributed by atoms with van der Waals surface area (Å²) in [6, 6.07) is 5.71. The van der Waals surface area contributed by atoms with Crippen LogP contribution in [0.4, 0.5) is 0 Å². The molecule has 0 aliphatic carbocycles. The maximum Gasteiger partial charge on any atom is 0.253 e. The smallest absolute Gasteiger partial charge is 0.253 e. The van der Waals surface area contributed by atoms with Gasteiger partial charge in [-0.2, -0.15) is 4.98 Å². The topological polar surface area (TPSA) is 101 Å². The Hall–Kier alpha value is -2.74. The predicted octanol–water partition coefficient (Wildman–Crippen LogP) is 2.35. The predicted molar refractivity (Wildman–Crippen MR) is 94.3 cm³/mol. The van der Waals surface area contributed by atoms with E-state index in [9.17, 15) is 9.59 Å². The Morgan fingerprint density at radius 2 is 2.24 bits per heavy atom. The first-order chi connectivity index (χ1) is 12.0. The highest BCUT2D eigenvalue weighted by Gasteiger charge is 2.12. The van der Waals surface area contributed by atoms with Crippen molar-refractivity contribution in [3.05, 3.63) is 56.6 Å². The number of hydrogen-bond donors (Lipinski definition) is 2. The van der Waals surface area contributed by atoms with Gasteiger partial charge in [0.15, 0.2) is 0 Å². The minimum Gasteiger partial charge on any atom is -0.352 e. The van der Waals surface area contributed by atoms with Crippen LogP contribution in [0.1, 0.15) is 29.1 Å². The second kappa shape index (κ2) is 7.43. The molecule has 0 spiro atoms. The molecule has 0 aliphatic heterocycles. The first kappa shape index (κ1) is 17.1. The number of thiophene rings is 1. The number of nitrogens with zero attached hydrogens (tertiary/aromatic N) is 2. The van der Waals surface area contributed by atoms with Crippen LogP contribution < -0.4 is 10.9 Å². The number of carbonyl (C=O) groups excluding carboxylic acids is 1. The lowest BCUT2D eigenvalue weighted by Gasteiger charge is -2.07. The second-order valence-corrected chi connectivity index (χ2v) is 6.66. The van der Waals surface area contributed by atoms with E-state index >= 15 is 0 Å². The highest BCUT2D eigenvalue weighted by molar-refractivity contribution is 7.13. The molecule has 3 heterocycles. The summed E-state index contributed by atoms with van der Waals surface area (Å²) >= 11 is 1.53. The fourth-order valence-electron chi connectivity index (χ4n) is 2.46. The highest BCUT2D eigenvalue weighted by Crippen LogP contribution is 2.21. The molecule has 0 atom stereocenters. The largest absolute Gasteiger partial charge is 0.352 e. The molecule has 0 aliphatic rings. The Kier molecular flexibility index (Phi) is 5.08. The van der Waals surface area contributed by atoms with Crippen molar-refractivity contribution in [2.45, 2.75) is 33.2 Å². The summed E-state index contributed by atoms with van der Waals surface area (Å²) in [5.41, 5.74) is 2.06. The number of rotatable bonds is 6. The SMILES string of the molecule is Cc1cc(C)c(CNC(=O)CCc2nc(-c3cccs3)no2)c(=O)[nH]1. The number of amides is 1. The molecule has 3 aromatic rings. The molecule has 0 bridgehead atoms. The van der Waals surface area contributed by atoms with E-state index in [-0.39, 0.29) is 24.4 Å². The van der Waals surface area contributed by atoms with Crippen LogP contribution in [-0.4, -0.2) is 21.0 Å². The minimum atomic E-state index is -0.171. The molecule has 1 amide bonds. The van der Waals surface area contributed by atoms with Crippen LogP contribution in [-0.2, 0) is 17.8 Å². The highest BCUT2D eigenvalue weighted by atomic mass is 32.1. The van der Waals surface area contributed by atoms with E-state index in [0.29, 0.717) is 23.7 Å².